The summed E-state index contributed by atoms with van der Waals surface area (Å²) in [6.07, 6.45) is 0.943. The van der Waals surface area contributed by atoms with Gasteiger partial charge in [-0.15, -0.1) is 0 Å². The van der Waals surface area contributed by atoms with E-state index in [0.29, 0.717) is 26.7 Å². The van der Waals surface area contributed by atoms with Crippen molar-refractivity contribution in [3.63, 3.8) is 0 Å². The van der Waals surface area contributed by atoms with Gasteiger partial charge in [-0.1, -0.05) is 23.7 Å². The van der Waals surface area contributed by atoms with Crippen LogP contribution in [0.1, 0.15) is 53.7 Å². The highest BCUT2D eigenvalue weighted by Gasteiger charge is 2.35. The molecule has 0 bridgehead atoms. The molecule has 0 spiro atoms. The minimum atomic E-state index is -1.03. The lowest BCUT2D eigenvalue weighted by Gasteiger charge is -2.13. The number of aliphatic hydroxyl groups is 1. The first kappa shape index (κ1) is 16.5. The van der Waals surface area contributed by atoms with Crippen molar-refractivity contribution in [2.24, 2.45) is 0 Å². The van der Waals surface area contributed by atoms with Crippen molar-refractivity contribution in [3.8, 4) is 0 Å². The Morgan fingerprint density at radius 3 is 2.70 bits per heavy atom. The summed E-state index contributed by atoms with van der Waals surface area (Å²) in [4.78, 5) is 16.8. The molecule has 0 saturated heterocycles. The van der Waals surface area contributed by atoms with Crippen molar-refractivity contribution in [3.05, 3.63) is 51.0 Å². The maximum atomic E-state index is 12.4. The monoisotopic (exact) mass is 398 g/mol. The molecule has 1 heterocycles. The molecule has 1 atom stereocenters. The minimum Gasteiger partial charge on any atom is -0.461 e. The first-order valence-electron chi connectivity index (χ1n) is 7.41. The molecule has 7 heteroatoms. The van der Waals surface area contributed by atoms with E-state index in [2.05, 4.69) is 20.9 Å². The van der Waals surface area contributed by atoms with E-state index in [4.69, 9.17) is 16.3 Å². The summed E-state index contributed by atoms with van der Waals surface area (Å²) in [7, 11) is 0. The van der Waals surface area contributed by atoms with E-state index in [-0.39, 0.29) is 12.6 Å². The Labute approximate surface area is 147 Å². The summed E-state index contributed by atoms with van der Waals surface area (Å²) in [6, 6.07) is 7.04. The summed E-state index contributed by atoms with van der Waals surface area (Å²) < 4.78 is 7.50. The number of aliphatic hydroxyl groups excluding tert-OH is 1. The molecule has 1 N–H and O–H groups in total. The molecule has 122 valence electrons. The number of halogens is 2. The molecule has 1 saturated carbocycles. The number of hydrogen-bond donors (Lipinski definition) is 1. The van der Waals surface area contributed by atoms with E-state index in [1.165, 1.54) is 0 Å². The summed E-state index contributed by atoms with van der Waals surface area (Å²) in [5.74, 6) is -0.472. The maximum absolute atomic E-state index is 12.4. The number of ether oxygens (including phenoxy) is 1. The molecule has 1 fully saturated rings. The number of imidazole rings is 1. The highest BCUT2D eigenvalue weighted by molar-refractivity contribution is 9.10. The quantitative estimate of drug-likeness (QED) is 0.775. The van der Waals surface area contributed by atoms with Crippen molar-refractivity contribution in [1.29, 1.82) is 0 Å². The van der Waals surface area contributed by atoms with Gasteiger partial charge in [-0.25, -0.2) is 9.78 Å². The Hall–Kier alpha value is -1.37. The molecule has 5 nitrogen and oxygen atoms in total. The van der Waals surface area contributed by atoms with E-state index >= 15 is 0 Å². The molecule has 2 aromatic rings. The van der Waals surface area contributed by atoms with Crippen LogP contribution in [0.4, 0.5) is 0 Å². The highest BCUT2D eigenvalue weighted by atomic mass is 79.9. The summed E-state index contributed by atoms with van der Waals surface area (Å²) in [5, 5.41) is 11.3. The van der Waals surface area contributed by atoms with Gasteiger partial charge in [-0.05, 0) is 53.4 Å². The molecular formula is C16H16BrClN2O3. The van der Waals surface area contributed by atoms with Crippen LogP contribution in [0.5, 0.6) is 0 Å². The van der Waals surface area contributed by atoms with Gasteiger partial charge in [-0.2, -0.15) is 0 Å². The molecule has 23 heavy (non-hydrogen) atoms. The Bertz CT molecular complexity index is 726. The average molecular weight is 400 g/mol. The fourth-order valence-electron chi connectivity index (χ4n) is 2.48. The summed E-state index contributed by atoms with van der Waals surface area (Å²) in [6.45, 7) is 2.02. The molecule has 1 aliphatic carbocycles. The van der Waals surface area contributed by atoms with Crippen molar-refractivity contribution in [2.45, 2.75) is 31.9 Å². The van der Waals surface area contributed by atoms with Gasteiger partial charge in [0.2, 0.25) is 0 Å². The van der Waals surface area contributed by atoms with Crippen LogP contribution in [0.2, 0.25) is 5.02 Å². The molecule has 1 unspecified atom stereocenters. The number of benzene rings is 1. The van der Waals surface area contributed by atoms with E-state index < -0.39 is 12.1 Å². The zero-order chi connectivity index (χ0) is 16.6. The third kappa shape index (κ3) is 3.29. The summed E-state index contributed by atoms with van der Waals surface area (Å²) in [5.41, 5.74) is 1.22. The third-order valence-corrected chi connectivity index (χ3v) is 4.53. The average Bonchev–Trinajstić information content (AvgIpc) is 3.30. The van der Waals surface area contributed by atoms with E-state index in [9.17, 15) is 9.90 Å². The Morgan fingerprint density at radius 2 is 2.13 bits per heavy atom. The van der Waals surface area contributed by atoms with Gasteiger partial charge in [0.1, 0.15) is 11.8 Å². The number of rotatable bonds is 5. The lowest BCUT2D eigenvalue weighted by atomic mass is 10.1. The van der Waals surface area contributed by atoms with Gasteiger partial charge in [0.25, 0.3) is 0 Å². The van der Waals surface area contributed by atoms with Crippen molar-refractivity contribution in [2.75, 3.05) is 6.61 Å². The lowest BCUT2D eigenvalue weighted by molar-refractivity contribution is 0.0507. The van der Waals surface area contributed by atoms with Crippen molar-refractivity contribution < 1.29 is 14.6 Å². The topological polar surface area (TPSA) is 64.3 Å². The second-order valence-electron chi connectivity index (χ2n) is 5.39. The number of carbonyl (C=O) groups is 1. The SMILES string of the molecule is CCOC(=O)c1c(C(O)c2ccc(Cl)cc2)nc(Br)n1C1CC1. The lowest BCUT2D eigenvalue weighted by Crippen LogP contribution is -2.16. The van der Waals surface area contributed by atoms with E-state index in [1.807, 2.05) is 4.57 Å². The van der Waals surface area contributed by atoms with Crippen LogP contribution in [-0.4, -0.2) is 27.2 Å². The number of hydrogen-bond acceptors (Lipinski definition) is 4. The molecule has 3 rings (SSSR count). The molecule has 0 radical (unpaired) electrons. The molecular weight excluding hydrogens is 384 g/mol. The van der Waals surface area contributed by atoms with Crippen LogP contribution >= 0.6 is 27.5 Å². The largest absolute Gasteiger partial charge is 0.461 e. The van der Waals surface area contributed by atoms with Gasteiger partial charge in [-0.3, -0.25) is 0 Å². The molecule has 1 aliphatic rings. The second kappa shape index (κ2) is 6.63. The zero-order valence-electron chi connectivity index (χ0n) is 12.5. The minimum absolute atomic E-state index is 0.224. The molecule has 0 amide bonds. The molecule has 0 aliphatic heterocycles. The van der Waals surface area contributed by atoms with E-state index in [0.717, 1.165) is 12.8 Å². The molecule has 1 aromatic carbocycles. The standard InChI is InChI=1S/C16H16BrClN2O3/c1-2-23-15(22)13-12(19-16(17)20(13)11-7-8-11)14(21)9-3-5-10(18)6-4-9/h3-6,11,14,21H,2,7-8H2,1H3. The number of esters is 1. The van der Waals surface area contributed by atoms with Crippen LogP contribution in [0, 0.1) is 0 Å². The van der Waals surface area contributed by atoms with Gasteiger partial charge >= 0.3 is 5.97 Å². The first-order valence-corrected chi connectivity index (χ1v) is 8.58. The highest BCUT2D eigenvalue weighted by Crippen LogP contribution is 2.41. The van der Waals surface area contributed by atoms with Gasteiger partial charge in [0.05, 0.1) is 6.61 Å². The van der Waals surface area contributed by atoms with Crippen LogP contribution in [-0.2, 0) is 4.74 Å². The molecule has 1 aromatic heterocycles. The van der Waals surface area contributed by atoms with Crippen LogP contribution < -0.4 is 0 Å². The van der Waals surface area contributed by atoms with Gasteiger partial charge < -0.3 is 14.4 Å². The predicted molar refractivity (Wildman–Crippen MR) is 89.7 cm³/mol. The Balaban J connectivity index is 2.05. The van der Waals surface area contributed by atoms with Crippen molar-refractivity contribution in [1.82, 2.24) is 9.55 Å². The van der Waals surface area contributed by atoms with E-state index in [1.54, 1.807) is 31.2 Å². The Kier molecular flexibility index (Phi) is 4.75. The zero-order valence-corrected chi connectivity index (χ0v) is 14.8. The van der Waals surface area contributed by atoms with Gasteiger partial charge in [0, 0.05) is 11.1 Å². The smallest absolute Gasteiger partial charge is 0.357 e. The Morgan fingerprint density at radius 1 is 1.48 bits per heavy atom. The number of nitrogens with zero attached hydrogens (tertiary/aromatic N) is 2. The van der Waals surface area contributed by atoms with Crippen molar-refractivity contribution >= 4 is 33.5 Å². The van der Waals surface area contributed by atoms with Crippen LogP contribution in [0.15, 0.2) is 29.0 Å². The number of carbonyl (C=O) groups excluding carboxylic acids is 1. The fraction of sp³-hybridized carbons (Fsp3) is 0.375. The fourth-order valence-corrected chi connectivity index (χ4v) is 3.27. The van der Waals surface area contributed by atoms with Crippen LogP contribution in [0.25, 0.3) is 0 Å². The van der Waals surface area contributed by atoms with Crippen LogP contribution in [0.3, 0.4) is 0 Å². The number of aromatic nitrogens is 2. The normalized spacial score (nSPS) is 15.5. The second-order valence-corrected chi connectivity index (χ2v) is 6.54. The first-order chi connectivity index (χ1) is 11.0. The predicted octanol–water partition coefficient (Wildman–Crippen LogP) is 3.89. The third-order valence-electron chi connectivity index (χ3n) is 3.72. The maximum Gasteiger partial charge on any atom is 0.357 e. The van der Waals surface area contributed by atoms with Gasteiger partial charge in [0.15, 0.2) is 10.4 Å². The summed E-state index contributed by atoms with van der Waals surface area (Å²) >= 11 is 9.27.